The van der Waals surface area contributed by atoms with Crippen molar-refractivity contribution in [2.75, 3.05) is 13.1 Å². The van der Waals surface area contributed by atoms with Gasteiger partial charge in [-0.2, -0.15) is 0 Å². The molecule has 0 bridgehead atoms. The van der Waals surface area contributed by atoms with E-state index in [1.165, 1.54) is 5.56 Å². The van der Waals surface area contributed by atoms with Gasteiger partial charge in [0.15, 0.2) is 11.5 Å². The van der Waals surface area contributed by atoms with Crippen molar-refractivity contribution < 1.29 is 9.90 Å². The fraction of sp³-hybridized carbons (Fsp3) is 0.238. The zero-order valence-corrected chi connectivity index (χ0v) is 15.2. The lowest BCUT2D eigenvalue weighted by molar-refractivity contribution is 0.0703. The number of H-pyrrole nitrogens is 1. The van der Waals surface area contributed by atoms with Gasteiger partial charge in [0.25, 0.3) is 11.5 Å². The summed E-state index contributed by atoms with van der Waals surface area (Å²) in [5.74, 6) is -0.539. The van der Waals surface area contributed by atoms with E-state index in [1.54, 1.807) is 29.3 Å². The van der Waals surface area contributed by atoms with Crippen molar-refractivity contribution in [2.24, 2.45) is 0 Å². The highest BCUT2D eigenvalue weighted by molar-refractivity contribution is 5.95. The van der Waals surface area contributed by atoms with Crippen molar-refractivity contribution in [3.8, 4) is 17.3 Å². The van der Waals surface area contributed by atoms with Crippen LogP contribution < -0.4 is 5.56 Å². The first-order valence-corrected chi connectivity index (χ1v) is 9.22. The van der Waals surface area contributed by atoms with Gasteiger partial charge >= 0.3 is 0 Å². The van der Waals surface area contributed by atoms with Crippen LogP contribution in [-0.2, 0) is 0 Å². The lowest BCUT2D eigenvalue weighted by Gasteiger charge is -2.32. The molecule has 7 nitrogen and oxygen atoms in total. The number of aromatic nitrogens is 3. The Labute approximate surface area is 161 Å². The summed E-state index contributed by atoms with van der Waals surface area (Å²) in [6.45, 7) is 1.09. The topological polar surface area (TPSA) is 99.2 Å². The van der Waals surface area contributed by atoms with Crippen LogP contribution in [0, 0.1) is 0 Å². The molecule has 0 spiro atoms. The number of aromatic amines is 1. The minimum Gasteiger partial charge on any atom is -0.501 e. The molecule has 1 aliphatic rings. The Hall–Kier alpha value is -3.48. The van der Waals surface area contributed by atoms with E-state index in [-0.39, 0.29) is 11.5 Å². The molecule has 0 unspecified atom stereocenters. The van der Waals surface area contributed by atoms with Crippen molar-refractivity contribution in [3.05, 3.63) is 76.3 Å². The number of nitrogens with zero attached hydrogens (tertiary/aromatic N) is 3. The number of hydrogen-bond donors (Lipinski definition) is 2. The number of hydrogen-bond acceptors (Lipinski definition) is 5. The van der Waals surface area contributed by atoms with Crippen LogP contribution >= 0.6 is 0 Å². The predicted molar refractivity (Wildman–Crippen MR) is 104 cm³/mol. The molecule has 0 radical (unpaired) electrons. The third-order valence-corrected chi connectivity index (χ3v) is 5.06. The molecule has 0 saturated carbocycles. The standard InChI is InChI=1S/C21H20N4O3/c26-18-17(23-19(24-20(18)27)16-8-4-5-11-22-16)21(28)25-12-9-15(10-13-25)14-6-2-1-3-7-14/h1-8,11,15,26H,9-10,12-13H2,(H,23,24,27). The van der Waals surface area contributed by atoms with Gasteiger partial charge in [0.2, 0.25) is 5.75 Å². The second kappa shape index (κ2) is 7.64. The maximum Gasteiger partial charge on any atom is 0.294 e. The summed E-state index contributed by atoms with van der Waals surface area (Å²) < 4.78 is 0. The third kappa shape index (κ3) is 3.51. The Morgan fingerprint density at radius 3 is 2.46 bits per heavy atom. The Balaban J connectivity index is 1.55. The third-order valence-electron chi connectivity index (χ3n) is 5.06. The lowest BCUT2D eigenvalue weighted by Crippen LogP contribution is -2.39. The fourth-order valence-electron chi connectivity index (χ4n) is 3.53. The molecule has 142 valence electrons. The number of nitrogens with one attached hydrogen (secondary N) is 1. The highest BCUT2D eigenvalue weighted by Gasteiger charge is 2.28. The molecule has 1 amide bonds. The smallest absolute Gasteiger partial charge is 0.294 e. The van der Waals surface area contributed by atoms with Gasteiger partial charge < -0.3 is 15.0 Å². The molecule has 28 heavy (non-hydrogen) atoms. The summed E-state index contributed by atoms with van der Waals surface area (Å²) in [4.78, 5) is 37.5. The summed E-state index contributed by atoms with van der Waals surface area (Å²) in [5, 5.41) is 10.1. The average molecular weight is 376 g/mol. The summed E-state index contributed by atoms with van der Waals surface area (Å²) in [7, 11) is 0. The molecule has 0 aliphatic carbocycles. The predicted octanol–water partition coefficient (Wildman–Crippen LogP) is 2.56. The minimum atomic E-state index is -0.752. The van der Waals surface area contributed by atoms with Gasteiger partial charge in [0, 0.05) is 19.3 Å². The van der Waals surface area contributed by atoms with E-state index < -0.39 is 17.2 Å². The number of pyridine rings is 1. The van der Waals surface area contributed by atoms with Crippen LogP contribution in [0.25, 0.3) is 11.5 Å². The zero-order chi connectivity index (χ0) is 19.5. The molecule has 0 atom stereocenters. The number of aromatic hydroxyl groups is 1. The number of amides is 1. The van der Waals surface area contributed by atoms with Crippen molar-refractivity contribution >= 4 is 5.91 Å². The van der Waals surface area contributed by atoms with Crippen LogP contribution in [0.4, 0.5) is 0 Å². The van der Waals surface area contributed by atoms with Gasteiger partial charge in [-0.05, 0) is 36.5 Å². The Bertz CT molecular complexity index is 1030. The molecule has 1 aliphatic heterocycles. The van der Waals surface area contributed by atoms with Gasteiger partial charge in [-0.3, -0.25) is 14.6 Å². The number of carbonyl (C=O) groups is 1. The summed E-state index contributed by atoms with van der Waals surface area (Å²) >= 11 is 0. The largest absolute Gasteiger partial charge is 0.501 e. The molecule has 3 aromatic rings. The van der Waals surface area contributed by atoms with E-state index in [0.717, 1.165) is 12.8 Å². The first-order valence-electron chi connectivity index (χ1n) is 9.22. The molecular formula is C21H20N4O3. The second-order valence-corrected chi connectivity index (χ2v) is 6.80. The number of rotatable bonds is 3. The van der Waals surface area contributed by atoms with Gasteiger partial charge in [-0.1, -0.05) is 36.4 Å². The summed E-state index contributed by atoms with van der Waals surface area (Å²) in [6, 6.07) is 15.4. The Morgan fingerprint density at radius 2 is 1.79 bits per heavy atom. The maximum absolute atomic E-state index is 12.9. The quantitative estimate of drug-likeness (QED) is 0.732. The van der Waals surface area contributed by atoms with Gasteiger partial charge in [0.1, 0.15) is 5.69 Å². The van der Waals surface area contributed by atoms with E-state index >= 15 is 0 Å². The molecule has 2 N–H and O–H groups in total. The van der Waals surface area contributed by atoms with Crippen LogP contribution in [0.2, 0.25) is 0 Å². The first-order chi connectivity index (χ1) is 13.6. The SMILES string of the molecule is O=C(c1nc(-c2ccccn2)[nH]c(=O)c1O)N1CCC(c2ccccc2)CC1. The normalized spacial score (nSPS) is 14.8. The van der Waals surface area contributed by atoms with E-state index in [4.69, 9.17) is 0 Å². The second-order valence-electron chi connectivity index (χ2n) is 6.80. The van der Waals surface area contributed by atoms with Crippen LogP contribution in [0.5, 0.6) is 5.75 Å². The molecular weight excluding hydrogens is 356 g/mol. The Morgan fingerprint density at radius 1 is 1.07 bits per heavy atom. The summed E-state index contributed by atoms with van der Waals surface area (Å²) in [6.07, 6.45) is 3.22. The van der Waals surface area contributed by atoms with Crippen LogP contribution in [0.3, 0.4) is 0 Å². The van der Waals surface area contributed by atoms with Crippen molar-refractivity contribution in [2.45, 2.75) is 18.8 Å². The Kier molecular flexibility index (Phi) is 4.89. The monoisotopic (exact) mass is 376 g/mol. The van der Waals surface area contributed by atoms with E-state index in [9.17, 15) is 14.7 Å². The van der Waals surface area contributed by atoms with Crippen LogP contribution in [-0.4, -0.2) is 44.0 Å². The number of benzene rings is 1. The maximum atomic E-state index is 12.9. The van der Waals surface area contributed by atoms with E-state index in [0.29, 0.717) is 24.7 Å². The fourth-order valence-corrected chi connectivity index (χ4v) is 3.53. The zero-order valence-electron chi connectivity index (χ0n) is 15.2. The van der Waals surface area contributed by atoms with Gasteiger partial charge in [-0.25, -0.2) is 4.98 Å². The van der Waals surface area contributed by atoms with Crippen LogP contribution in [0.1, 0.15) is 34.8 Å². The van der Waals surface area contributed by atoms with Crippen molar-refractivity contribution in [1.82, 2.24) is 19.9 Å². The molecule has 7 heteroatoms. The minimum absolute atomic E-state index is 0.158. The molecule has 1 fully saturated rings. The number of likely N-dealkylation sites (tertiary alicyclic amines) is 1. The molecule has 2 aromatic heterocycles. The molecule has 1 aromatic carbocycles. The molecule has 3 heterocycles. The highest BCUT2D eigenvalue weighted by Crippen LogP contribution is 2.29. The first kappa shape index (κ1) is 17.9. The highest BCUT2D eigenvalue weighted by atomic mass is 16.3. The summed E-state index contributed by atoms with van der Waals surface area (Å²) in [5.41, 5.74) is 0.710. The lowest BCUT2D eigenvalue weighted by atomic mass is 9.89. The van der Waals surface area contributed by atoms with Crippen LogP contribution in [0.15, 0.2) is 59.5 Å². The van der Waals surface area contributed by atoms with Gasteiger partial charge in [-0.15, -0.1) is 0 Å². The molecule has 4 rings (SSSR count). The average Bonchev–Trinajstić information content (AvgIpc) is 2.76. The van der Waals surface area contributed by atoms with E-state index in [2.05, 4.69) is 27.1 Å². The molecule has 1 saturated heterocycles. The van der Waals surface area contributed by atoms with E-state index in [1.807, 2.05) is 18.2 Å². The van der Waals surface area contributed by atoms with Crippen molar-refractivity contribution in [1.29, 1.82) is 0 Å². The van der Waals surface area contributed by atoms with Crippen molar-refractivity contribution in [3.63, 3.8) is 0 Å². The number of carbonyl (C=O) groups excluding carboxylic acids is 1. The number of piperidine rings is 1. The van der Waals surface area contributed by atoms with Gasteiger partial charge in [0.05, 0.1) is 0 Å².